The summed E-state index contributed by atoms with van der Waals surface area (Å²) in [5.74, 6) is 0. The van der Waals surface area contributed by atoms with Gasteiger partial charge in [0.15, 0.2) is 0 Å². The van der Waals surface area contributed by atoms with Crippen molar-refractivity contribution < 1.29 is 0 Å². The molecule has 0 spiro atoms. The number of thiophene rings is 1. The monoisotopic (exact) mass is 608 g/mol. The maximum atomic E-state index is 2.53. The molecule has 1 aromatic heterocycles. The van der Waals surface area contributed by atoms with Crippen LogP contribution in [0.4, 0.5) is 0 Å². The Bertz CT molecular complexity index is 3520. The third kappa shape index (κ3) is 2.51. The van der Waals surface area contributed by atoms with Gasteiger partial charge in [0.1, 0.15) is 0 Å². The van der Waals surface area contributed by atoms with Crippen LogP contribution in [0.2, 0.25) is 0 Å². The minimum absolute atomic E-state index is 1.34. The fourth-order valence-electron chi connectivity index (χ4n) is 9.87. The Morgan fingerprint density at radius 3 is 1.47 bits per heavy atom. The van der Waals surface area contributed by atoms with E-state index in [9.17, 15) is 0 Å². The van der Waals surface area contributed by atoms with E-state index < -0.39 is 0 Å². The van der Waals surface area contributed by atoms with Gasteiger partial charge in [0.05, 0.1) is 0 Å². The van der Waals surface area contributed by atoms with Crippen LogP contribution in [0, 0.1) is 13.8 Å². The quantitative estimate of drug-likeness (QED) is 0.119. The summed E-state index contributed by atoms with van der Waals surface area (Å²) in [5, 5.41) is 30.6. The summed E-state index contributed by atoms with van der Waals surface area (Å²) >= 11 is 1.97. The zero-order valence-corrected chi connectivity index (χ0v) is 26.6. The van der Waals surface area contributed by atoms with E-state index in [1.807, 2.05) is 11.3 Å². The number of hydrogen-bond donors (Lipinski definition) is 0. The van der Waals surface area contributed by atoms with E-state index in [4.69, 9.17) is 0 Å². The number of rotatable bonds is 0. The second kappa shape index (κ2) is 7.55. The SMILES string of the molecule is Cc1cc2sc3c4cc5cc6ccc7c8c9ccccc9c9ccccc9c8c8cc9cc%10ccc(c3c2cc1C)c4c%10c5c9c6c78. The zero-order chi connectivity index (χ0) is 30.4. The first-order valence-corrected chi connectivity index (χ1v) is 17.4. The summed E-state index contributed by atoms with van der Waals surface area (Å²) < 4.78 is 2.84. The predicted octanol–water partition coefficient (Wildman–Crippen LogP) is 14.0. The molecule has 0 atom stereocenters. The van der Waals surface area contributed by atoms with Crippen molar-refractivity contribution in [3.05, 3.63) is 120 Å². The van der Waals surface area contributed by atoms with Crippen molar-refractivity contribution in [2.45, 2.75) is 13.8 Å². The number of aryl methyl sites for hydroxylation is 2. The minimum atomic E-state index is 1.34. The van der Waals surface area contributed by atoms with Crippen LogP contribution in [0.3, 0.4) is 0 Å². The molecule has 13 rings (SSSR count). The molecule has 0 aliphatic carbocycles. The highest BCUT2D eigenvalue weighted by Gasteiger charge is 2.26. The highest BCUT2D eigenvalue weighted by atomic mass is 32.1. The van der Waals surface area contributed by atoms with E-state index in [2.05, 4.69) is 123 Å². The average Bonchev–Trinajstić information content (AvgIpc) is 3.73. The second-order valence-electron chi connectivity index (χ2n) is 14.1. The third-order valence-corrected chi connectivity index (χ3v) is 13.0. The van der Waals surface area contributed by atoms with Gasteiger partial charge in [-0.15, -0.1) is 11.3 Å². The number of hydrogen-bond acceptors (Lipinski definition) is 1. The van der Waals surface area contributed by atoms with Crippen molar-refractivity contribution in [2.75, 3.05) is 0 Å². The van der Waals surface area contributed by atoms with Crippen molar-refractivity contribution in [1.29, 1.82) is 0 Å². The summed E-state index contributed by atoms with van der Waals surface area (Å²) in [6, 6.07) is 42.5. The molecule has 0 aliphatic heterocycles. The second-order valence-corrected chi connectivity index (χ2v) is 15.1. The molecule has 0 N–H and O–H groups in total. The molecule has 0 unspecified atom stereocenters. The van der Waals surface area contributed by atoms with Gasteiger partial charge in [-0.25, -0.2) is 0 Å². The largest absolute Gasteiger partial charge is 0.134 e. The Morgan fingerprint density at radius 2 is 0.809 bits per heavy atom. The van der Waals surface area contributed by atoms with Gasteiger partial charge in [0.25, 0.3) is 0 Å². The first-order chi connectivity index (χ1) is 23.1. The lowest BCUT2D eigenvalue weighted by Gasteiger charge is -2.18. The average molecular weight is 609 g/mol. The van der Waals surface area contributed by atoms with Gasteiger partial charge < -0.3 is 0 Å². The standard InChI is InChI=1S/C46H24S/c1-21-15-33-36(16-22(21)2)47-46-35-20-26-18-23-11-13-31-41-29-9-5-3-7-27(29)28-8-4-6-10-30(28)42(41)34-19-25-17-24-12-14-32(45(33)46)44(35)38(24)40(26)39(25)37(23)43(31)34/h3-20H,1-2H3. The summed E-state index contributed by atoms with van der Waals surface area (Å²) in [4.78, 5) is 0. The van der Waals surface area contributed by atoms with E-state index in [0.29, 0.717) is 0 Å². The van der Waals surface area contributed by atoms with Crippen molar-refractivity contribution in [2.24, 2.45) is 0 Å². The van der Waals surface area contributed by atoms with Gasteiger partial charge in [-0.3, -0.25) is 0 Å². The van der Waals surface area contributed by atoms with Gasteiger partial charge in [-0.2, -0.15) is 0 Å². The molecule has 0 aliphatic rings. The van der Waals surface area contributed by atoms with Gasteiger partial charge >= 0.3 is 0 Å². The molecule has 0 amide bonds. The Labute approximate surface area is 272 Å². The fourth-order valence-corrected chi connectivity index (χ4v) is 11.2. The van der Waals surface area contributed by atoms with Crippen molar-refractivity contribution in [3.8, 4) is 0 Å². The molecule has 0 nitrogen and oxygen atoms in total. The van der Waals surface area contributed by atoms with Gasteiger partial charge in [0, 0.05) is 25.6 Å². The fraction of sp³-hybridized carbons (Fsp3) is 0.0435. The van der Waals surface area contributed by atoms with Crippen molar-refractivity contribution >= 4 is 139 Å². The molecular formula is C46H24S. The lowest BCUT2D eigenvalue weighted by molar-refractivity contribution is 1.37. The number of fused-ring (bicyclic) bond motifs is 13. The van der Waals surface area contributed by atoms with Gasteiger partial charge in [-0.1, -0.05) is 72.8 Å². The Balaban J connectivity index is 1.31. The van der Waals surface area contributed by atoms with E-state index in [1.165, 1.54) is 139 Å². The van der Waals surface area contributed by atoms with E-state index in [1.54, 1.807) is 0 Å². The molecule has 0 radical (unpaired) electrons. The van der Waals surface area contributed by atoms with Gasteiger partial charge in [0.2, 0.25) is 0 Å². The molecule has 1 heteroatoms. The first-order valence-electron chi connectivity index (χ1n) is 16.6. The van der Waals surface area contributed by atoms with E-state index >= 15 is 0 Å². The van der Waals surface area contributed by atoms with Crippen LogP contribution in [-0.4, -0.2) is 0 Å². The van der Waals surface area contributed by atoms with Crippen LogP contribution >= 0.6 is 11.3 Å². The molecular weight excluding hydrogens is 585 g/mol. The molecule has 47 heavy (non-hydrogen) atoms. The molecule has 12 aromatic carbocycles. The summed E-state index contributed by atoms with van der Waals surface area (Å²) in [6.07, 6.45) is 0. The number of benzene rings is 10. The van der Waals surface area contributed by atoms with Crippen LogP contribution < -0.4 is 0 Å². The van der Waals surface area contributed by atoms with Crippen LogP contribution in [0.25, 0.3) is 128 Å². The molecule has 13 aromatic rings. The highest BCUT2D eigenvalue weighted by Crippen LogP contribution is 2.55. The third-order valence-electron chi connectivity index (χ3n) is 11.9. The lowest BCUT2D eigenvalue weighted by atomic mass is 9.85. The smallest absolute Gasteiger partial charge is 0.0440 e. The van der Waals surface area contributed by atoms with Crippen LogP contribution in [0.5, 0.6) is 0 Å². The highest BCUT2D eigenvalue weighted by molar-refractivity contribution is 7.27. The summed E-state index contributed by atoms with van der Waals surface area (Å²) in [6.45, 7) is 4.49. The van der Waals surface area contributed by atoms with Gasteiger partial charge in [-0.05, 0) is 164 Å². The Hall–Kier alpha value is -5.50. The zero-order valence-electron chi connectivity index (χ0n) is 25.8. The van der Waals surface area contributed by atoms with E-state index in [0.717, 1.165) is 0 Å². The Morgan fingerprint density at radius 1 is 0.319 bits per heavy atom. The topological polar surface area (TPSA) is 0 Å². The molecule has 0 saturated carbocycles. The lowest BCUT2D eigenvalue weighted by Crippen LogP contribution is -1.89. The molecule has 1 heterocycles. The maximum Gasteiger partial charge on any atom is 0.0440 e. The summed E-state index contributed by atoms with van der Waals surface area (Å²) in [5.41, 5.74) is 2.74. The van der Waals surface area contributed by atoms with Crippen molar-refractivity contribution in [1.82, 2.24) is 0 Å². The van der Waals surface area contributed by atoms with Crippen LogP contribution in [-0.2, 0) is 0 Å². The first kappa shape index (κ1) is 23.8. The normalized spacial score (nSPS) is 13.3. The predicted molar refractivity (Wildman–Crippen MR) is 209 cm³/mol. The van der Waals surface area contributed by atoms with Crippen LogP contribution in [0.1, 0.15) is 11.1 Å². The summed E-state index contributed by atoms with van der Waals surface area (Å²) in [7, 11) is 0. The molecule has 0 saturated heterocycles. The maximum absolute atomic E-state index is 2.53. The molecule has 0 fully saturated rings. The van der Waals surface area contributed by atoms with E-state index in [-0.39, 0.29) is 0 Å². The Kier molecular flexibility index (Phi) is 3.82. The minimum Gasteiger partial charge on any atom is -0.134 e. The van der Waals surface area contributed by atoms with Crippen molar-refractivity contribution in [3.63, 3.8) is 0 Å². The van der Waals surface area contributed by atoms with Crippen LogP contribution in [0.15, 0.2) is 109 Å². The molecule has 214 valence electrons. The molecule has 0 bridgehead atoms.